The molecule has 1 heterocycles. The van der Waals surface area contributed by atoms with E-state index in [0.717, 1.165) is 63.4 Å². The summed E-state index contributed by atoms with van der Waals surface area (Å²) >= 11 is 6.04. The highest BCUT2D eigenvalue weighted by Gasteiger charge is 2.70. The molecule has 4 fully saturated rings. The van der Waals surface area contributed by atoms with Gasteiger partial charge in [0.05, 0.1) is 12.6 Å². The molecule has 5 aliphatic rings. The van der Waals surface area contributed by atoms with Crippen LogP contribution in [-0.4, -0.2) is 28.1 Å². The molecular formula is C40H53ClN2O4. The lowest BCUT2D eigenvalue weighted by atomic mass is 9.33. The van der Waals surface area contributed by atoms with Crippen LogP contribution in [0.3, 0.4) is 0 Å². The number of carbonyl (C=O) groups is 2. The molecule has 0 aliphatic heterocycles. The van der Waals surface area contributed by atoms with Gasteiger partial charge in [-0.15, -0.1) is 0 Å². The van der Waals surface area contributed by atoms with Crippen LogP contribution in [0.2, 0.25) is 5.02 Å². The molecule has 1 aromatic carbocycles. The molecule has 7 heteroatoms. The molecule has 5 aliphatic carbocycles. The molecule has 254 valence electrons. The van der Waals surface area contributed by atoms with Crippen molar-refractivity contribution in [3.05, 3.63) is 52.8 Å². The van der Waals surface area contributed by atoms with E-state index in [0.29, 0.717) is 28.2 Å². The number of nitrogens with one attached hydrogen (secondary N) is 1. The van der Waals surface area contributed by atoms with Gasteiger partial charge in [-0.3, -0.25) is 9.59 Å². The fourth-order valence-electron chi connectivity index (χ4n) is 11.9. The molecule has 7 rings (SSSR count). The Kier molecular flexibility index (Phi) is 7.59. The van der Waals surface area contributed by atoms with Crippen molar-refractivity contribution in [2.24, 2.45) is 50.2 Å². The molecular weight excluding hydrogens is 608 g/mol. The van der Waals surface area contributed by atoms with E-state index in [2.05, 4.69) is 65.0 Å². The molecule has 2 N–H and O–H groups in total. The summed E-state index contributed by atoms with van der Waals surface area (Å²) in [4.78, 5) is 28.6. The first-order valence-corrected chi connectivity index (χ1v) is 18.3. The lowest BCUT2D eigenvalue weighted by molar-refractivity contribution is -0.202. The Morgan fingerprint density at radius 1 is 0.979 bits per heavy atom. The van der Waals surface area contributed by atoms with Gasteiger partial charge in [-0.25, -0.2) is 0 Å². The molecule has 4 saturated carbocycles. The third-order valence-corrected chi connectivity index (χ3v) is 15.5. The second-order valence-corrected chi connectivity index (χ2v) is 18.4. The number of ketones is 1. The lowest BCUT2D eigenvalue weighted by Crippen LogP contribution is -2.66. The van der Waals surface area contributed by atoms with Crippen LogP contribution in [0.25, 0.3) is 11.3 Å². The number of fused-ring (bicyclic) bond motifs is 7. The number of carbonyl (C=O) groups excluding carboxylic acids is 2. The Labute approximate surface area is 285 Å². The summed E-state index contributed by atoms with van der Waals surface area (Å²) in [5.74, 6) is 1.41. The molecule has 2 aromatic rings. The van der Waals surface area contributed by atoms with Crippen molar-refractivity contribution in [1.82, 2.24) is 10.5 Å². The first-order valence-electron chi connectivity index (χ1n) is 17.9. The Morgan fingerprint density at radius 2 is 1.68 bits per heavy atom. The van der Waals surface area contributed by atoms with Gasteiger partial charge in [0, 0.05) is 28.0 Å². The zero-order valence-corrected chi connectivity index (χ0v) is 30.1. The van der Waals surface area contributed by atoms with Gasteiger partial charge in [-0.2, -0.15) is 0 Å². The first kappa shape index (κ1) is 33.1. The van der Waals surface area contributed by atoms with E-state index in [1.807, 2.05) is 30.3 Å². The van der Waals surface area contributed by atoms with E-state index >= 15 is 0 Å². The predicted octanol–water partition coefficient (Wildman–Crippen LogP) is 8.95. The van der Waals surface area contributed by atoms with Gasteiger partial charge in [0.2, 0.25) is 5.91 Å². The summed E-state index contributed by atoms with van der Waals surface area (Å²) in [6.45, 7) is 16.5. The van der Waals surface area contributed by atoms with Gasteiger partial charge in [0.1, 0.15) is 5.69 Å². The van der Waals surface area contributed by atoms with Crippen LogP contribution < -0.4 is 5.32 Å². The monoisotopic (exact) mass is 660 g/mol. The molecule has 0 spiro atoms. The van der Waals surface area contributed by atoms with E-state index < -0.39 is 5.41 Å². The summed E-state index contributed by atoms with van der Waals surface area (Å²) in [5.41, 5.74) is 1.88. The minimum absolute atomic E-state index is 0.0408. The molecule has 47 heavy (non-hydrogen) atoms. The number of hydrogen-bond acceptors (Lipinski definition) is 5. The van der Waals surface area contributed by atoms with Gasteiger partial charge in [-0.1, -0.05) is 82.9 Å². The van der Waals surface area contributed by atoms with Crippen molar-refractivity contribution >= 4 is 23.3 Å². The van der Waals surface area contributed by atoms with Gasteiger partial charge in [-0.05, 0) is 115 Å². The van der Waals surface area contributed by atoms with Crippen LogP contribution in [0.4, 0.5) is 0 Å². The van der Waals surface area contributed by atoms with Gasteiger partial charge in [0.15, 0.2) is 11.5 Å². The molecule has 1 amide bonds. The van der Waals surface area contributed by atoms with Crippen molar-refractivity contribution in [1.29, 1.82) is 0 Å². The van der Waals surface area contributed by atoms with E-state index in [1.165, 1.54) is 5.57 Å². The summed E-state index contributed by atoms with van der Waals surface area (Å²) in [7, 11) is 0. The van der Waals surface area contributed by atoms with E-state index in [-0.39, 0.29) is 57.5 Å². The number of hydrogen-bond donors (Lipinski definition) is 2. The second-order valence-electron chi connectivity index (χ2n) is 18.0. The second kappa shape index (κ2) is 10.8. The van der Waals surface area contributed by atoms with Crippen molar-refractivity contribution in [3.63, 3.8) is 0 Å². The largest absolute Gasteiger partial charge is 0.393 e. The number of allylic oxidation sites excluding steroid dienone is 2. The number of rotatable bonds is 4. The van der Waals surface area contributed by atoms with E-state index in [4.69, 9.17) is 16.1 Å². The molecule has 9 atom stereocenters. The van der Waals surface area contributed by atoms with Crippen LogP contribution in [-0.2, 0) is 16.1 Å². The van der Waals surface area contributed by atoms with E-state index in [9.17, 15) is 14.7 Å². The average Bonchev–Trinajstić information content (AvgIpc) is 3.49. The van der Waals surface area contributed by atoms with Crippen molar-refractivity contribution in [3.8, 4) is 11.3 Å². The Bertz CT molecular complexity index is 1630. The number of aromatic nitrogens is 1. The maximum absolute atomic E-state index is 14.6. The Hall–Kier alpha value is -2.44. The number of aliphatic hydroxyl groups is 1. The first-order chi connectivity index (χ1) is 22.0. The number of amides is 1. The topological polar surface area (TPSA) is 92.4 Å². The maximum atomic E-state index is 14.6. The van der Waals surface area contributed by atoms with Crippen molar-refractivity contribution in [2.45, 2.75) is 119 Å². The molecule has 0 bridgehead atoms. The van der Waals surface area contributed by atoms with Crippen LogP contribution >= 0.6 is 11.6 Å². The highest BCUT2D eigenvalue weighted by atomic mass is 35.5. The predicted molar refractivity (Wildman–Crippen MR) is 184 cm³/mol. The standard InChI is InChI=1S/C40H53ClN2O4/c1-35(2)31-12-15-40(7)33(38(31,5)14-13-32(35)45)30(44)21-27-28-22-37(4,17-16-36(28,3)18-19-39(27,40)6)34(46)42-23-26-20-29(43-47-26)24-8-10-25(41)11-9-24/h8-11,20-21,28,31-33,45H,12-19,22-23H2,1-7H3,(H,42,46)/t28-,31?,32+,33-,36-,37+,38+,39-,40-/m1/s1. The van der Waals surface area contributed by atoms with Crippen LogP contribution in [0.15, 0.2) is 46.5 Å². The van der Waals surface area contributed by atoms with Gasteiger partial charge in [0.25, 0.3) is 0 Å². The van der Waals surface area contributed by atoms with Crippen LogP contribution in [0, 0.1) is 50.2 Å². The number of nitrogens with zero attached hydrogens (tertiary/aromatic N) is 1. The lowest BCUT2D eigenvalue weighted by Gasteiger charge is -2.70. The summed E-state index contributed by atoms with van der Waals surface area (Å²) in [5, 5.41) is 19.1. The number of halogens is 1. The normalized spacial score (nSPS) is 42.3. The molecule has 1 unspecified atom stereocenters. The number of benzene rings is 1. The van der Waals surface area contributed by atoms with Crippen molar-refractivity contribution in [2.75, 3.05) is 0 Å². The SMILES string of the molecule is CC1(C)C2CC[C@]3(C)[C@H](C(=O)C=C4[C@H]5C[C@@](C)(C(=O)NCc6cc(-c7ccc(Cl)cc7)no6)CC[C@]5(C)CC[C@]43C)[C@@]2(C)CC[C@@H]1O. The highest BCUT2D eigenvalue weighted by molar-refractivity contribution is 6.30. The summed E-state index contributed by atoms with van der Waals surface area (Å²) in [6.07, 6.45) is 10.2. The highest BCUT2D eigenvalue weighted by Crippen LogP contribution is 2.75. The Balaban J connectivity index is 1.14. The Morgan fingerprint density at radius 3 is 2.40 bits per heavy atom. The van der Waals surface area contributed by atoms with Gasteiger partial charge >= 0.3 is 0 Å². The van der Waals surface area contributed by atoms with E-state index in [1.54, 1.807) is 0 Å². The zero-order valence-electron chi connectivity index (χ0n) is 29.3. The molecule has 1 aromatic heterocycles. The molecule has 0 radical (unpaired) electrons. The third kappa shape index (κ3) is 4.77. The minimum atomic E-state index is -0.545. The fourth-order valence-corrected chi connectivity index (χ4v) is 12.0. The van der Waals surface area contributed by atoms with Gasteiger partial charge < -0.3 is 14.9 Å². The third-order valence-electron chi connectivity index (χ3n) is 15.2. The zero-order chi connectivity index (χ0) is 33.8. The van der Waals surface area contributed by atoms with Crippen molar-refractivity contribution < 1.29 is 19.2 Å². The maximum Gasteiger partial charge on any atom is 0.226 e. The smallest absolute Gasteiger partial charge is 0.226 e. The average molecular weight is 661 g/mol. The number of aliphatic hydroxyl groups excluding tert-OH is 1. The van der Waals surface area contributed by atoms with Crippen LogP contribution in [0.5, 0.6) is 0 Å². The summed E-state index contributed by atoms with van der Waals surface area (Å²) in [6, 6.07) is 9.32. The summed E-state index contributed by atoms with van der Waals surface area (Å²) < 4.78 is 5.59. The minimum Gasteiger partial charge on any atom is -0.393 e. The quantitative estimate of drug-likeness (QED) is 0.342. The fraction of sp³-hybridized carbons (Fsp3) is 0.675. The molecule has 0 saturated heterocycles. The molecule has 6 nitrogen and oxygen atoms in total. The van der Waals surface area contributed by atoms with Crippen LogP contribution in [0.1, 0.15) is 112 Å².